The molecule has 3 nitrogen and oxygen atoms in total. The van der Waals surface area contributed by atoms with Crippen molar-refractivity contribution in [3.63, 3.8) is 0 Å². The molecule has 1 unspecified atom stereocenters. The number of halogens is 1. The summed E-state index contributed by atoms with van der Waals surface area (Å²) in [6.45, 7) is 2.59. The quantitative estimate of drug-likeness (QED) is 0.129. The lowest BCUT2D eigenvalue weighted by molar-refractivity contribution is 0.517. The normalized spacial score (nSPS) is 13.4. The van der Waals surface area contributed by atoms with Crippen LogP contribution in [0, 0.1) is 12.3 Å². The molecule has 5 heteroatoms. The van der Waals surface area contributed by atoms with Crippen molar-refractivity contribution < 1.29 is 8.09 Å². The predicted molar refractivity (Wildman–Crippen MR) is 118 cm³/mol. The Morgan fingerprint density at radius 3 is 1.56 bits per heavy atom. The molecule has 0 N–H and O–H groups in total. The van der Waals surface area contributed by atoms with Crippen molar-refractivity contribution in [3.05, 3.63) is 0 Å². The number of terminal acetylenes is 1. The Kier molecular flexibility index (Phi) is 18.3. The smallest absolute Gasteiger partial charge is 0.199 e. The molecule has 0 amide bonds. The van der Waals surface area contributed by atoms with Gasteiger partial charge < -0.3 is 0 Å². The zero-order chi connectivity index (χ0) is 20.2. The van der Waals surface area contributed by atoms with Crippen LogP contribution in [-0.4, -0.2) is 28.7 Å². The average molecular weight is 403 g/mol. The topological polar surface area (TPSA) is 32.7 Å². The summed E-state index contributed by atoms with van der Waals surface area (Å²) in [6.07, 6.45) is 25.9. The van der Waals surface area contributed by atoms with E-state index in [2.05, 4.69) is 17.2 Å². The fourth-order valence-corrected chi connectivity index (χ4v) is 3.93. The fourth-order valence-electron chi connectivity index (χ4n) is 3.14. The monoisotopic (exact) mass is 402 g/mol. The van der Waals surface area contributed by atoms with Gasteiger partial charge in [0.1, 0.15) is 0 Å². The van der Waals surface area contributed by atoms with E-state index >= 15 is 0 Å². The summed E-state index contributed by atoms with van der Waals surface area (Å²) in [5.41, 5.74) is 0. The molecule has 1 atom stereocenters. The second-order valence-electron chi connectivity index (χ2n) is 7.58. The summed E-state index contributed by atoms with van der Waals surface area (Å²) in [6, 6.07) is 0. The number of rotatable bonds is 19. The van der Waals surface area contributed by atoms with Crippen molar-refractivity contribution >= 4 is 10.3 Å². The lowest BCUT2D eigenvalue weighted by atomic mass is 10.0. The Hall–Kier alpha value is -0.600. The van der Waals surface area contributed by atoms with Crippen molar-refractivity contribution in [1.29, 1.82) is 0 Å². The Labute approximate surface area is 169 Å². The molecule has 160 valence electrons. The second-order valence-corrected chi connectivity index (χ2v) is 9.32. The van der Waals surface area contributed by atoms with E-state index in [1.165, 1.54) is 90.5 Å². The third kappa shape index (κ3) is 17.2. The van der Waals surface area contributed by atoms with Crippen LogP contribution in [-0.2, 0) is 10.3 Å². The Morgan fingerprint density at radius 2 is 1.19 bits per heavy atom. The van der Waals surface area contributed by atoms with E-state index in [1.54, 1.807) is 0 Å². The molecule has 0 fully saturated rings. The largest absolute Gasteiger partial charge is 0.271 e. The molecule has 0 rings (SSSR count). The van der Waals surface area contributed by atoms with Gasteiger partial charge >= 0.3 is 0 Å². The van der Waals surface area contributed by atoms with Crippen LogP contribution in [0.15, 0.2) is 4.36 Å². The number of hydrogen-bond acceptors (Lipinski definition) is 2. The van der Waals surface area contributed by atoms with E-state index in [0.29, 0.717) is 6.54 Å². The molecule has 0 aromatic rings. The fraction of sp³-hybridized carbons (Fsp3) is 0.909. The van der Waals surface area contributed by atoms with Crippen molar-refractivity contribution in [2.45, 2.75) is 110 Å². The molecule has 0 bridgehead atoms. The SMILES string of the molecule is C#CCN(C)S(=O)(F)=NCCCCCCCCCCCCCCCCCC. The van der Waals surface area contributed by atoms with E-state index in [1.807, 2.05) is 0 Å². The molecule has 0 aromatic heterocycles. The molecule has 0 aliphatic carbocycles. The van der Waals surface area contributed by atoms with E-state index in [-0.39, 0.29) is 6.54 Å². The molecule has 0 aliphatic rings. The number of unbranched alkanes of at least 4 members (excludes halogenated alkanes) is 15. The van der Waals surface area contributed by atoms with Gasteiger partial charge in [-0.3, -0.25) is 0 Å². The van der Waals surface area contributed by atoms with Gasteiger partial charge in [-0.15, -0.1) is 10.3 Å². The summed E-state index contributed by atoms with van der Waals surface area (Å²) in [5.74, 6) is 2.28. The number of nitrogens with zero attached hydrogens (tertiary/aromatic N) is 2. The Balaban J connectivity index is 3.34. The lowest BCUT2D eigenvalue weighted by Crippen LogP contribution is -2.23. The minimum Gasteiger partial charge on any atom is -0.199 e. The molecule has 0 spiro atoms. The minimum absolute atomic E-state index is 0.0117. The Bertz CT molecular complexity index is 481. The van der Waals surface area contributed by atoms with Gasteiger partial charge in [0.25, 0.3) is 10.3 Å². The van der Waals surface area contributed by atoms with Crippen molar-refractivity contribution in [2.75, 3.05) is 20.1 Å². The lowest BCUT2D eigenvalue weighted by Gasteiger charge is -2.10. The van der Waals surface area contributed by atoms with Gasteiger partial charge in [0.15, 0.2) is 0 Å². The highest BCUT2D eigenvalue weighted by atomic mass is 32.3. The summed E-state index contributed by atoms with van der Waals surface area (Å²) in [7, 11) is -2.38. The molecular formula is C22H43FN2OS. The van der Waals surface area contributed by atoms with Crippen LogP contribution >= 0.6 is 0 Å². The van der Waals surface area contributed by atoms with Gasteiger partial charge in [-0.25, -0.2) is 0 Å². The van der Waals surface area contributed by atoms with Crippen molar-refractivity contribution in [1.82, 2.24) is 4.31 Å². The first-order valence-corrected chi connectivity index (χ1v) is 12.5. The van der Waals surface area contributed by atoms with Gasteiger partial charge in [0.05, 0.1) is 13.1 Å². The molecule has 0 radical (unpaired) electrons. The minimum atomic E-state index is -3.78. The van der Waals surface area contributed by atoms with E-state index in [4.69, 9.17) is 6.42 Å². The van der Waals surface area contributed by atoms with Gasteiger partial charge in [0.2, 0.25) is 0 Å². The maximum atomic E-state index is 13.8. The van der Waals surface area contributed by atoms with Crippen LogP contribution in [0.1, 0.15) is 110 Å². The third-order valence-electron chi connectivity index (χ3n) is 4.96. The summed E-state index contributed by atoms with van der Waals surface area (Å²) in [5, 5.41) is 0. The van der Waals surface area contributed by atoms with E-state index < -0.39 is 10.3 Å². The first kappa shape index (κ1) is 26.4. The highest BCUT2D eigenvalue weighted by Gasteiger charge is 2.12. The van der Waals surface area contributed by atoms with Crippen LogP contribution in [0.2, 0.25) is 0 Å². The van der Waals surface area contributed by atoms with Crippen LogP contribution in [0.4, 0.5) is 3.89 Å². The summed E-state index contributed by atoms with van der Waals surface area (Å²) in [4.78, 5) is 0. The predicted octanol–water partition coefficient (Wildman–Crippen LogP) is 7.08. The molecular weight excluding hydrogens is 359 g/mol. The van der Waals surface area contributed by atoms with Crippen LogP contribution in [0.25, 0.3) is 0 Å². The standard InChI is InChI=1S/C22H43FN2OS/c1-4-6-7-8-9-10-11-12-13-14-15-16-17-18-19-20-21-24-27(23,26)25(3)22-5-2/h2H,4,6-22H2,1,3H3. The maximum absolute atomic E-state index is 13.8. The van der Waals surface area contributed by atoms with Gasteiger partial charge in [-0.1, -0.05) is 109 Å². The van der Waals surface area contributed by atoms with Crippen molar-refractivity contribution in [3.8, 4) is 12.3 Å². The van der Waals surface area contributed by atoms with Crippen LogP contribution < -0.4 is 0 Å². The average Bonchev–Trinajstić information content (AvgIpc) is 2.64. The maximum Gasteiger partial charge on any atom is 0.271 e. The first-order valence-electron chi connectivity index (χ1n) is 11.1. The molecule has 0 aromatic carbocycles. The zero-order valence-electron chi connectivity index (χ0n) is 17.9. The van der Waals surface area contributed by atoms with Gasteiger partial charge in [-0.2, -0.15) is 12.9 Å². The molecule has 0 heterocycles. The third-order valence-corrected chi connectivity index (χ3v) is 6.36. The van der Waals surface area contributed by atoms with Crippen LogP contribution in [0.3, 0.4) is 0 Å². The van der Waals surface area contributed by atoms with Crippen LogP contribution in [0.5, 0.6) is 0 Å². The Morgan fingerprint density at radius 1 is 0.815 bits per heavy atom. The molecule has 27 heavy (non-hydrogen) atoms. The zero-order valence-corrected chi connectivity index (χ0v) is 18.7. The van der Waals surface area contributed by atoms with Crippen molar-refractivity contribution in [2.24, 2.45) is 4.36 Å². The molecule has 0 aliphatic heterocycles. The molecule has 0 saturated carbocycles. The first-order chi connectivity index (χ1) is 13.0. The number of hydrogen-bond donors (Lipinski definition) is 0. The highest BCUT2D eigenvalue weighted by Crippen LogP contribution is 2.14. The highest BCUT2D eigenvalue weighted by molar-refractivity contribution is 7.86. The summed E-state index contributed by atoms with van der Waals surface area (Å²) >= 11 is 0. The van der Waals surface area contributed by atoms with Gasteiger partial charge in [0, 0.05) is 7.05 Å². The summed E-state index contributed by atoms with van der Waals surface area (Å²) < 4.78 is 30.1. The second kappa shape index (κ2) is 18.7. The van der Waals surface area contributed by atoms with Gasteiger partial charge in [-0.05, 0) is 6.42 Å². The molecule has 0 saturated heterocycles. The van der Waals surface area contributed by atoms with E-state index in [9.17, 15) is 8.09 Å². The van der Waals surface area contributed by atoms with E-state index in [0.717, 1.165) is 23.6 Å².